The molecule has 0 atom stereocenters. The topological polar surface area (TPSA) is 20.2 Å². The van der Waals surface area contributed by atoms with Crippen molar-refractivity contribution in [2.45, 2.75) is 13.3 Å². The Balaban J connectivity index is 2.99. The van der Waals surface area contributed by atoms with E-state index in [-0.39, 0.29) is 16.5 Å². The number of phenols is 1. The van der Waals surface area contributed by atoms with Crippen molar-refractivity contribution in [3.8, 4) is 5.75 Å². The fourth-order valence-electron chi connectivity index (χ4n) is 1.78. The Morgan fingerprint density at radius 2 is 1.75 bits per heavy atom. The van der Waals surface area contributed by atoms with Crippen LogP contribution in [0.15, 0.2) is 18.2 Å². The zero-order valence-corrected chi connectivity index (χ0v) is 8.52. The average Bonchev–Trinajstić information content (AvgIpc) is 2.25. The van der Waals surface area contributed by atoms with Crippen LogP contribution < -0.4 is 0 Å². The molecule has 0 amide bonds. The van der Waals surface area contributed by atoms with Gasteiger partial charge in [-0.25, -0.2) is 13.2 Å². The molecule has 0 radical (unpaired) electrons. The highest BCUT2D eigenvalue weighted by Crippen LogP contribution is 2.30. The molecular weight excluding hydrogens is 217 g/mol. The molecule has 16 heavy (non-hydrogen) atoms. The van der Waals surface area contributed by atoms with Crippen LogP contribution in [0, 0.1) is 17.5 Å². The molecule has 0 bridgehead atoms. The average molecular weight is 226 g/mol. The number of benzene rings is 2. The van der Waals surface area contributed by atoms with Gasteiger partial charge in [0.05, 0.1) is 0 Å². The Morgan fingerprint density at radius 1 is 1.06 bits per heavy atom. The van der Waals surface area contributed by atoms with Gasteiger partial charge in [-0.1, -0.05) is 6.92 Å². The standard InChI is InChI=1S/C12H9F3O/c1-2-6-3-7(16)4-8-9(13)5-10(14)12(15)11(6)8/h3-5,16H,2H2,1H3. The maximum atomic E-state index is 13.5. The van der Waals surface area contributed by atoms with Crippen LogP contribution in [-0.4, -0.2) is 5.11 Å². The van der Waals surface area contributed by atoms with Gasteiger partial charge in [-0.05, 0) is 24.1 Å². The van der Waals surface area contributed by atoms with Gasteiger partial charge in [0.1, 0.15) is 11.6 Å². The number of phenolic OH excluding ortho intramolecular Hbond substituents is 1. The minimum atomic E-state index is -1.22. The second-order valence-electron chi connectivity index (χ2n) is 3.54. The minimum Gasteiger partial charge on any atom is -0.508 e. The molecule has 0 saturated heterocycles. The normalized spacial score (nSPS) is 11.0. The van der Waals surface area contributed by atoms with Crippen LogP contribution in [0.3, 0.4) is 0 Å². The lowest BCUT2D eigenvalue weighted by atomic mass is 10.0. The van der Waals surface area contributed by atoms with Crippen molar-refractivity contribution in [3.63, 3.8) is 0 Å². The maximum absolute atomic E-state index is 13.5. The van der Waals surface area contributed by atoms with Gasteiger partial charge in [-0.2, -0.15) is 0 Å². The molecule has 2 aromatic carbocycles. The van der Waals surface area contributed by atoms with Gasteiger partial charge in [0.25, 0.3) is 0 Å². The van der Waals surface area contributed by atoms with Crippen LogP contribution in [0.2, 0.25) is 0 Å². The zero-order valence-electron chi connectivity index (χ0n) is 8.52. The van der Waals surface area contributed by atoms with Crippen molar-refractivity contribution < 1.29 is 18.3 Å². The van der Waals surface area contributed by atoms with Gasteiger partial charge in [-0.15, -0.1) is 0 Å². The molecule has 2 rings (SSSR count). The second kappa shape index (κ2) is 3.70. The van der Waals surface area contributed by atoms with Crippen LogP contribution in [0.25, 0.3) is 10.8 Å². The minimum absolute atomic E-state index is 0.0993. The van der Waals surface area contributed by atoms with E-state index < -0.39 is 17.5 Å². The fraction of sp³-hybridized carbons (Fsp3) is 0.167. The summed E-state index contributed by atoms with van der Waals surface area (Å²) >= 11 is 0. The van der Waals surface area contributed by atoms with Crippen LogP contribution >= 0.6 is 0 Å². The number of hydrogen-bond acceptors (Lipinski definition) is 1. The molecule has 84 valence electrons. The number of hydrogen-bond donors (Lipinski definition) is 1. The molecule has 0 fully saturated rings. The SMILES string of the molecule is CCc1cc(O)cc2c(F)cc(F)c(F)c12. The van der Waals surface area contributed by atoms with E-state index in [0.717, 1.165) is 6.07 Å². The van der Waals surface area contributed by atoms with Crippen molar-refractivity contribution in [1.29, 1.82) is 0 Å². The molecule has 0 aliphatic rings. The van der Waals surface area contributed by atoms with E-state index in [0.29, 0.717) is 18.1 Å². The summed E-state index contributed by atoms with van der Waals surface area (Å²) in [5.41, 5.74) is 0.380. The van der Waals surface area contributed by atoms with Crippen molar-refractivity contribution in [3.05, 3.63) is 41.2 Å². The summed E-state index contributed by atoms with van der Waals surface area (Å²) in [6, 6.07) is 2.88. The van der Waals surface area contributed by atoms with Crippen LogP contribution in [0.4, 0.5) is 13.2 Å². The summed E-state index contributed by atoms with van der Waals surface area (Å²) in [4.78, 5) is 0. The molecule has 1 N–H and O–H groups in total. The number of halogens is 3. The first-order valence-corrected chi connectivity index (χ1v) is 4.83. The Morgan fingerprint density at radius 3 is 2.38 bits per heavy atom. The third-order valence-corrected chi connectivity index (χ3v) is 2.53. The summed E-state index contributed by atoms with van der Waals surface area (Å²) in [6.45, 7) is 1.72. The Kier molecular flexibility index (Phi) is 2.50. The molecule has 2 aromatic rings. The largest absolute Gasteiger partial charge is 0.508 e. The maximum Gasteiger partial charge on any atom is 0.167 e. The van der Waals surface area contributed by atoms with Gasteiger partial charge >= 0.3 is 0 Å². The van der Waals surface area contributed by atoms with Crippen molar-refractivity contribution in [1.82, 2.24) is 0 Å². The Hall–Kier alpha value is -1.71. The van der Waals surface area contributed by atoms with E-state index in [1.165, 1.54) is 6.07 Å². The Labute approximate surface area is 90.1 Å². The van der Waals surface area contributed by atoms with Gasteiger partial charge < -0.3 is 5.11 Å². The number of fused-ring (bicyclic) bond motifs is 1. The lowest BCUT2D eigenvalue weighted by Crippen LogP contribution is -1.95. The molecule has 0 saturated carbocycles. The number of rotatable bonds is 1. The first kappa shape index (κ1) is 10.8. The van der Waals surface area contributed by atoms with E-state index in [2.05, 4.69) is 0 Å². The molecule has 0 aliphatic carbocycles. The summed E-state index contributed by atoms with van der Waals surface area (Å²) < 4.78 is 40.0. The van der Waals surface area contributed by atoms with Gasteiger partial charge in [0.15, 0.2) is 11.6 Å². The third kappa shape index (κ3) is 1.50. The predicted molar refractivity (Wildman–Crippen MR) is 54.9 cm³/mol. The monoisotopic (exact) mass is 226 g/mol. The highest BCUT2D eigenvalue weighted by atomic mass is 19.2. The molecule has 0 aromatic heterocycles. The molecule has 1 nitrogen and oxygen atoms in total. The smallest absolute Gasteiger partial charge is 0.167 e. The summed E-state index contributed by atoms with van der Waals surface area (Å²) in [5.74, 6) is -3.33. The number of aromatic hydroxyl groups is 1. The van der Waals surface area contributed by atoms with Crippen molar-refractivity contribution in [2.24, 2.45) is 0 Å². The van der Waals surface area contributed by atoms with E-state index in [4.69, 9.17) is 0 Å². The summed E-state index contributed by atoms with van der Waals surface area (Å²) in [5, 5.41) is 9.14. The number of aryl methyl sites for hydroxylation is 1. The van der Waals surface area contributed by atoms with Crippen LogP contribution in [0.5, 0.6) is 5.75 Å². The van der Waals surface area contributed by atoms with E-state index in [1.54, 1.807) is 6.92 Å². The highest BCUT2D eigenvalue weighted by molar-refractivity contribution is 5.88. The van der Waals surface area contributed by atoms with Crippen molar-refractivity contribution >= 4 is 10.8 Å². The summed E-state index contributed by atoms with van der Waals surface area (Å²) in [7, 11) is 0. The molecule has 0 aliphatic heterocycles. The van der Waals surface area contributed by atoms with E-state index in [1.807, 2.05) is 0 Å². The first-order valence-electron chi connectivity index (χ1n) is 4.83. The third-order valence-electron chi connectivity index (χ3n) is 2.53. The van der Waals surface area contributed by atoms with Gasteiger partial charge in [-0.3, -0.25) is 0 Å². The zero-order chi connectivity index (χ0) is 11.9. The Bertz CT molecular complexity index is 564. The molecule has 0 heterocycles. The lowest BCUT2D eigenvalue weighted by molar-refractivity contribution is 0.474. The van der Waals surface area contributed by atoms with Crippen LogP contribution in [0.1, 0.15) is 12.5 Å². The molecular formula is C12H9F3O. The van der Waals surface area contributed by atoms with E-state index in [9.17, 15) is 18.3 Å². The summed E-state index contributed by atoms with van der Waals surface area (Å²) in [6.07, 6.45) is 0.380. The van der Waals surface area contributed by atoms with Crippen LogP contribution in [-0.2, 0) is 6.42 Å². The van der Waals surface area contributed by atoms with Gasteiger partial charge in [0, 0.05) is 16.8 Å². The fourth-order valence-corrected chi connectivity index (χ4v) is 1.78. The predicted octanol–water partition coefficient (Wildman–Crippen LogP) is 3.53. The van der Waals surface area contributed by atoms with Gasteiger partial charge in [0.2, 0.25) is 0 Å². The highest BCUT2D eigenvalue weighted by Gasteiger charge is 2.15. The van der Waals surface area contributed by atoms with E-state index >= 15 is 0 Å². The molecule has 0 spiro atoms. The molecule has 0 unspecified atom stereocenters. The second-order valence-corrected chi connectivity index (χ2v) is 3.54. The van der Waals surface area contributed by atoms with Crippen molar-refractivity contribution in [2.75, 3.05) is 0 Å². The lowest BCUT2D eigenvalue weighted by Gasteiger charge is -2.08. The quantitative estimate of drug-likeness (QED) is 0.737. The molecule has 4 heteroatoms. The first-order chi connectivity index (χ1) is 7.54.